The average molecular weight is 366 g/mol. The Hall–Kier alpha value is -3.20. The fraction of sp³-hybridized carbons (Fsp3) is 0.133. The predicted molar refractivity (Wildman–Crippen MR) is 89.4 cm³/mol. The zero-order chi connectivity index (χ0) is 18.7. The predicted octanol–water partition coefficient (Wildman–Crippen LogP) is 3.62. The van der Waals surface area contributed by atoms with Crippen LogP contribution in [0.2, 0.25) is 5.02 Å². The van der Waals surface area contributed by atoms with E-state index in [0.29, 0.717) is 5.56 Å². The first-order valence-electron chi connectivity index (χ1n) is 6.87. The standard InChI is InChI=1S/C15H12ClN3O6/c1-8-5-10(16)11(18(21)22)7-14(8)25-13-4-3-9(15(20)17-2)6-12(13)19(23)24/h3-7H,1-2H3,(H,17,20). The number of ether oxygens (including phenoxy) is 1. The lowest BCUT2D eigenvalue weighted by Crippen LogP contribution is -2.17. The van der Waals surface area contributed by atoms with Gasteiger partial charge in [-0.15, -0.1) is 0 Å². The molecule has 0 saturated heterocycles. The molecule has 2 aromatic carbocycles. The number of carbonyl (C=O) groups is 1. The van der Waals surface area contributed by atoms with Crippen LogP contribution in [0, 0.1) is 27.2 Å². The Balaban J connectivity index is 2.50. The Kier molecular flexibility index (Phi) is 5.18. The Morgan fingerprint density at radius 2 is 1.72 bits per heavy atom. The topological polar surface area (TPSA) is 125 Å². The van der Waals surface area contributed by atoms with Crippen molar-refractivity contribution in [3.8, 4) is 11.5 Å². The van der Waals surface area contributed by atoms with Gasteiger partial charge in [-0.25, -0.2) is 0 Å². The Morgan fingerprint density at radius 1 is 1.08 bits per heavy atom. The Labute approximate surface area is 146 Å². The van der Waals surface area contributed by atoms with Crippen LogP contribution in [-0.2, 0) is 0 Å². The molecule has 0 fully saturated rings. The second kappa shape index (κ2) is 7.14. The van der Waals surface area contributed by atoms with Crippen molar-refractivity contribution in [2.45, 2.75) is 6.92 Å². The van der Waals surface area contributed by atoms with Gasteiger partial charge < -0.3 is 10.1 Å². The fourth-order valence-electron chi connectivity index (χ4n) is 2.04. The normalized spacial score (nSPS) is 10.2. The third-order valence-corrected chi connectivity index (χ3v) is 3.61. The lowest BCUT2D eigenvalue weighted by molar-refractivity contribution is -0.386. The van der Waals surface area contributed by atoms with Crippen molar-refractivity contribution in [2.75, 3.05) is 7.05 Å². The van der Waals surface area contributed by atoms with Crippen molar-refractivity contribution in [2.24, 2.45) is 0 Å². The number of rotatable bonds is 5. The average Bonchev–Trinajstić information content (AvgIpc) is 2.56. The minimum atomic E-state index is -0.707. The molecule has 0 aliphatic carbocycles. The molecule has 0 saturated carbocycles. The van der Waals surface area contributed by atoms with E-state index in [1.807, 2.05) is 0 Å². The number of amides is 1. The highest BCUT2D eigenvalue weighted by Gasteiger charge is 2.22. The van der Waals surface area contributed by atoms with Crippen LogP contribution in [0.5, 0.6) is 11.5 Å². The number of halogens is 1. The van der Waals surface area contributed by atoms with Gasteiger partial charge in [0.1, 0.15) is 10.8 Å². The summed E-state index contributed by atoms with van der Waals surface area (Å²) in [6.45, 7) is 1.59. The molecule has 0 aliphatic rings. The van der Waals surface area contributed by atoms with E-state index < -0.39 is 21.4 Å². The van der Waals surface area contributed by atoms with Gasteiger partial charge in [0.05, 0.1) is 15.9 Å². The molecule has 130 valence electrons. The third kappa shape index (κ3) is 3.83. The van der Waals surface area contributed by atoms with Crippen LogP contribution in [0.3, 0.4) is 0 Å². The third-order valence-electron chi connectivity index (χ3n) is 3.31. The lowest BCUT2D eigenvalue weighted by Gasteiger charge is -2.10. The van der Waals surface area contributed by atoms with Crippen molar-refractivity contribution in [3.63, 3.8) is 0 Å². The molecule has 0 spiro atoms. The number of nitrogens with one attached hydrogen (secondary N) is 1. The molecule has 0 aliphatic heterocycles. The van der Waals surface area contributed by atoms with Gasteiger partial charge in [-0.2, -0.15) is 0 Å². The zero-order valence-corrected chi connectivity index (χ0v) is 13.9. The summed E-state index contributed by atoms with van der Waals surface area (Å²) in [5, 5.41) is 24.5. The maximum atomic E-state index is 11.6. The Morgan fingerprint density at radius 3 is 2.28 bits per heavy atom. The molecule has 1 amide bonds. The summed E-state index contributed by atoms with van der Waals surface area (Å²) in [4.78, 5) is 32.4. The SMILES string of the molecule is CNC(=O)c1ccc(Oc2cc([N+](=O)[O-])c(Cl)cc2C)c([N+](=O)[O-])c1. The molecule has 10 heteroatoms. The van der Waals surface area contributed by atoms with Crippen molar-refractivity contribution in [1.82, 2.24) is 5.32 Å². The van der Waals surface area contributed by atoms with Crippen LogP contribution in [-0.4, -0.2) is 22.8 Å². The highest BCUT2D eigenvalue weighted by atomic mass is 35.5. The van der Waals surface area contributed by atoms with Crippen molar-refractivity contribution in [1.29, 1.82) is 0 Å². The summed E-state index contributed by atoms with van der Waals surface area (Å²) >= 11 is 5.80. The van der Waals surface area contributed by atoms with Gasteiger partial charge in [0.2, 0.25) is 5.75 Å². The first-order valence-corrected chi connectivity index (χ1v) is 7.25. The van der Waals surface area contributed by atoms with Crippen molar-refractivity contribution >= 4 is 28.9 Å². The van der Waals surface area contributed by atoms with Gasteiger partial charge in [0, 0.05) is 18.7 Å². The van der Waals surface area contributed by atoms with E-state index in [9.17, 15) is 25.0 Å². The number of carbonyl (C=O) groups excluding carboxylic acids is 1. The number of aryl methyl sites for hydroxylation is 1. The second-order valence-electron chi connectivity index (χ2n) is 4.95. The number of benzene rings is 2. The molecule has 1 N–H and O–H groups in total. The first kappa shape index (κ1) is 18.1. The number of nitrogens with zero attached hydrogens (tertiary/aromatic N) is 2. The van der Waals surface area contributed by atoms with E-state index in [4.69, 9.17) is 16.3 Å². The molecule has 9 nitrogen and oxygen atoms in total. The van der Waals surface area contributed by atoms with E-state index in [1.54, 1.807) is 6.92 Å². The molecule has 0 bridgehead atoms. The molecule has 2 aromatic rings. The molecular weight excluding hydrogens is 354 g/mol. The van der Waals surface area contributed by atoms with E-state index in [2.05, 4.69) is 5.32 Å². The quantitative estimate of drug-likeness (QED) is 0.637. The van der Waals surface area contributed by atoms with Crippen LogP contribution in [0.15, 0.2) is 30.3 Å². The molecular formula is C15H12ClN3O6. The van der Waals surface area contributed by atoms with E-state index >= 15 is 0 Å². The fourth-order valence-corrected chi connectivity index (χ4v) is 2.33. The lowest BCUT2D eigenvalue weighted by atomic mass is 10.1. The number of hydrogen-bond donors (Lipinski definition) is 1. The summed E-state index contributed by atoms with van der Waals surface area (Å²) in [5.74, 6) is -0.600. The smallest absolute Gasteiger partial charge is 0.312 e. The number of nitro benzene ring substituents is 2. The summed E-state index contributed by atoms with van der Waals surface area (Å²) < 4.78 is 5.48. The van der Waals surface area contributed by atoms with Gasteiger partial charge in [0.15, 0.2) is 0 Å². The summed E-state index contributed by atoms with van der Waals surface area (Å²) in [6.07, 6.45) is 0. The van der Waals surface area contributed by atoms with Gasteiger partial charge in [-0.1, -0.05) is 11.6 Å². The van der Waals surface area contributed by atoms with Gasteiger partial charge in [-0.05, 0) is 30.7 Å². The molecule has 0 atom stereocenters. The summed E-state index contributed by atoms with van der Waals surface area (Å²) in [7, 11) is 1.40. The minimum Gasteiger partial charge on any atom is -0.450 e. The van der Waals surface area contributed by atoms with E-state index in [0.717, 1.165) is 12.1 Å². The largest absolute Gasteiger partial charge is 0.450 e. The highest BCUT2D eigenvalue weighted by molar-refractivity contribution is 6.32. The Bertz CT molecular complexity index is 884. The number of nitro groups is 2. The van der Waals surface area contributed by atoms with Crippen LogP contribution in [0.1, 0.15) is 15.9 Å². The monoisotopic (exact) mass is 365 g/mol. The molecule has 2 rings (SSSR count). The molecule has 0 aromatic heterocycles. The minimum absolute atomic E-state index is 0.0480. The molecule has 0 unspecified atom stereocenters. The van der Waals surface area contributed by atoms with Crippen molar-refractivity contribution < 1.29 is 19.4 Å². The molecule has 25 heavy (non-hydrogen) atoms. The maximum absolute atomic E-state index is 11.6. The van der Waals surface area contributed by atoms with E-state index in [-0.39, 0.29) is 27.8 Å². The second-order valence-corrected chi connectivity index (χ2v) is 5.35. The summed E-state index contributed by atoms with van der Waals surface area (Å²) in [6, 6.07) is 6.09. The van der Waals surface area contributed by atoms with Crippen LogP contribution >= 0.6 is 11.6 Å². The number of hydrogen-bond acceptors (Lipinski definition) is 6. The highest BCUT2D eigenvalue weighted by Crippen LogP contribution is 2.37. The zero-order valence-electron chi connectivity index (χ0n) is 13.1. The maximum Gasteiger partial charge on any atom is 0.312 e. The van der Waals surface area contributed by atoms with E-state index in [1.165, 1.54) is 25.2 Å². The van der Waals surface area contributed by atoms with Crippen molar-refractivity contribution in [3.05, 3.63) is 66.7 Å². The van der Waals surface area contributed by atoms with Crippen LogP contribution in [0.25, 0.3) is 0 Å². The molecule has 0 radical (unpaired) electrons. The van der Waals surface area contributed by atoms with Gasteiger partial charge in [0.25, 0.3) is 11.6 Å². The van der Waals surface area contributed by atoms with Gasteiger partial charge in [-0.3, -0.25) is 25.0 Å². The summed E-state index contributed by atoms with van der Waals surface area (Å²) in [5.41, 5.74) is -0.286. The van der Waals surface area contributed by atoms with Gasteiger partial charge >= 0.3 is 5.69 Å². The molecule has 0 heterocycles. The van der Waals surface area contributed by atoms with Crippen LogP contribution in [0.4, 0.5) is 11.4 Å². The van der Waals surface area contributed by atoms with Crippen LogP contribution < -0.4 is 10.1 Å². The first-order chi connectivity index (χ1) is 11.7.